The quantitative estimate of drug-likeness (QED) is 0.251. The summed E-state index contributed by atoms with van der Waals surface area (Å²) in [5.41, 5.74) is 9.87. The average molecular weight is 415 g/mol. The van der Waals surface area contributed by atoms with E-state index in [0.29, 0.717) is 0 Å². The zero-order valence-corrected chi connectivity index (χ0v) is 17.1. The SMILES string of the molecule is CC(C)OC(=O)[C@H](CCC(=O)C=[N+]=[N-])NC(=O)[C@@H](O)Cc1cn(C)c2ncccc12. The Balaban J connectivity index is 2.09. The number of pyridine rings is 1. The molecule has 0 unspecified atom stereocenters. The van der Waals surface area contributed by atoms with Crippen molar-refractivity contribution in [2.24, 2.45) is 7.05 Å². The molecule has 2 heterocycles. The number of carbonyl (C=O) groups is 3. The van der Waals surface area contributed by atoms with Gasteiger partial charge in [0.15, 0.2) is 0 Å². The average Bonchev–Trinajstić information content (AvgIpc) is 3.00. The zero-order chi connectivity index (χ0) is 22.3. The number of aromatic nitrogens is 2. The van der Waals surface area contributed by atoms with E-state index in [4.69, 9.17) is 10.3 Å². The summed E-state index contributed by atoms with van der Waals surface area (Å²) in [5.74, 6) is -1.99. The first-order chi connectivity index (χ1) is 14.2. The third kappa shape index (κ3) is 6.07. The van der Waals surface area contributed by atoms with Crippen LogP contribution in [0.1, 0.15) is 32.3 Å². The minimum absolute atomic E-state index is 0.0247. The van der Waals surface area contributed by atoms with Gasteiger partial charge in [-0.25, -0.2) is 9.78 Å². The first-order valence-corrected chi connectivity index (χ1v) is 9.51. The lowest BCUT2D eigenvalue weighted by molar-refractivity contribution is -0.152. The smallest absolute Gasteiger partial charge is 0.328 e. The maximum absolute atomic E-state index is 12.5. The third-order valence-corrected chi connectivity index (χ3v) is 4.37. The zero-order valence-electron chi connectivity index (χ0n) is 17.1. The van der Waals surface area contributed by atoms with Gasteiger partial charge in [-0.2, -0.15) is 4.79 Å². The molecule has 0 aliphatic carbocycles. The molecule has 0 spiro atoms. The van der Waals surface area contributed by atoms with Crippen LogP contribution in [0.4, 0.5) is 0 Å². The first-order valence-electron chi connectivity index (χ1n) is 9.51. The van der Waals surface area contributed by atoms with Gasteiger partial charge in [0.1, 0.15) is 17.8 Å². The largest absolute Gasteiger partial charge is 0.461 e. The van der Waals surface area contributed by atoms with Crippen molar-refractivity contribution in [3.8, 4) is 0 Å². The van der Waals surface area contributed by atoms with Crippen LogP contribution < -0.4 is 5.32 Å². The summed E-state index contributed by atoms with van der Waals surface area (Å²) in [6.07, 6.45) is 2.14. The van der Waals surface area contributed by atoms with E-state index in [1.165, 1.54) is 0 Å². The van der Waals surface area contributed by atoms with Crippen LogP contribution in [0.15, 0.2) is 24.5 Å². The van der Waals surface area contributed by atoms with E-state index >= 15 is 0 Å². The van der Waals surface area contributed by atoms with Gasteiger partial charge in [-0.15, -0.1) is 0 Å². The van der Waals surface area contributed by atoms with Gasteiger partial charge in [-0.05, 0) is 38.0 Å². The molecule has 0 aromatic carbocycles. The molecule has 10 nitrogen and oxygen atoms in total. The number of hydrogen-bond donors (Lipinski definition) is 2. The van der Waals surface area contributed by atoms with Gasteiger partial charge < -0.3 is 25.3 Å². The second-order valence-electron chi connectivity index (χ2n) is 7.16. The first kappa shape index (κ1) is 22.9. The summed E-state index contributed by atoms with van der Waals surface area (Å²) in [7, 11) is 1.82. The highest BCUT2D eigenvalue weighted by atomic mass is 16.5. The number of aryl methyl sites for hydroxylation is 1. The van der Waals surface area contributed by atoms with Crippen molar-refractivity contribution in [2.45, 2.75) is 51.4 Å². The number of Topliss-reactive ketones (excluding diaryl/α,β-unsaturated/α-hetero) is 1. The Hall–Kier alpha value is -3.36. The summed E-state index contributed by atoms with van der Waals surface area (Å²) in [5, 5.41) is 13.7. The van der Waals surface area contributed by atoms with E-state index in [1.54, 1.807) is 36.9 Å². The van der Waals surface area contributed by atoms with Crippen molar-refractivity contribution in [2.75, 3.05) is 0 Å². The summed E-state index contributed by atoms with van der Waals surface area (Å²) in [6, 6.07) is 2.49. The molecule has 0 aliphatic rings. The summed E-state index contributed by atoms with van der Waals surface area (Å²) < 4.78 is 6.92. The molecule has 0 radical (unpaired) electrons. The molecule has 2 rings (SSSR count). The van der Waals surface area contributed by atoms with Crippen LogP contribution >= 0.6 is 0 Å². The monoisotopic (exact) mass is 415 g/mol. The normalized spacial score (nSPS) is 12.8. The van der Waals surface area contributed by atoms with Crippen molar-refractivity contribution in [3.05, 3.63) is 35.6 Å². The molecular formula is C20H25N5O5. The molecule has 2 atom stereocenters. The molecule has 0 aliphatic heterocycles. The third-order valence-electron chi connectivity index (χ3n) is 4.37. The number of ketones is 1. The number of carbonyl (C=O) groups excluding carboxylic acids is 3. The van der Waals surface area contributed by atoms with E-state index in [1.807, 2.05) is 13.1 Å². The molecule has 0 saturated carbocycles. The molecule has 0 saturated heterocycles. The highest BCUT2D eigenvalue weighted by Gasteiger charge is 2.27. The number of esters is 1. The number of nitrogens with one attached hydrogen (secondary N) is 1. The summed E-state index contributed by atoms with van der Waals surface area (Å²) in [6.45, 7) is 3.31. The van der Waals surface area contributed by atoms with E-state index in [9.17, 15) is 19.5 Å². The highest BCUT2D eigenvalue weighted by molar-refractivity contribution is 6.25. The molecule has 2 aromatic heterocycles. The van der Waals surface area contributed by atoms with Crippen LogP contribution in [0.5, 0.6) is 0 Å². The van der Waals surface area contributed by atoms with Crippen molar-refractivity contribution in [3.63, 3.8) is 0 Å². The Morgan fingerprint density at radius 1 is 1.40 bits per heavy atom. The number of fused-ring (bicyclic) bond motifs is 1. The van der Waals surface area contributed by atoms with Crippen LogP contribution in [0.3, 0.4) is 0 Å². The minimum atomic E-state index is -1.42. The van der Waals surface area contributed by atoms with Crippen LogP contribution in [0, 0.1) is 0 Å². The number of hydrogen-bond acceptors (Lipinski definition) is 6. The molecule has 10 heteroatoms. The molecule has 0 bridgehead atoms. The fourth-order valence-electron chi connectivity index (χ4n) is 3.00. The standard InChI is InChI=1S/C20H25N5O5/c1-12(2)30-20(29)16(7-6-14(26)10-23-21)24-19(28)17(27)9-13-11-25(3)18-15(13)5-4-8-22-18/h4-5,8,10-12,16-17,27H,6-7,9H2,1-3H3,(H,24,28)/t16-,17-/m0/s1. The van der Waals surface area contributed by atoms with Crippen molar-refractivity contribution in [1.82, 2.24) is 14.9 Å². The lowest BCUT2D eigenvalue weighted by Gasteiger charge is -2.20. The van der Waals surface area contributed by atoms with E-state index in [0.717, 1.165) is 22.8 Å². The summed E-state index contributed by atoms with van der Waals surface area (Å²) in [4.78, 5) is 43.3. The Bertz CT molecular complexity index is 977. The lowest BCUT2D eigenvalue weighted by Crippen LogP contribution is -2.47. The van der Waals surface area contributed by atoms with Crippen molar-refractivity contribution < 1.29 is 29.0 Å². The predicted molar refractivity (Wildman–Crippen MR) is 108 cm³/mol. The maximum atomic E-state index is 12.5. The Morgan fingerprint density at radius 2 is 2.13 bits per heavy atom. The number of ether oxygens (including phenoxy) is 1. The summed E-state index contributed by atoms with van der Waals surface area (Å²) >= 11 is 0. The van der Waals surface area contributed by atoms with Gasteiger partial charge in [-0.3, -0.25) is 9.59 Å². The molecule has 2 N–H and O–H groups in total. The van der Waals surface area contributed by atoms with Gasteiger partial charge in [0.2, 0.25) is 11.7 Å². The van der Waals surface area contributed by atoms with E-state index < -0.39 is 35.9 Å². The minimum Gasteiger partial charge on any atom is -0.461 e. The topological polar surface area (TPSA) is 147 Å². The number of amides is 1. The van der Waals surface area contributed by atoms with Gasteiger partial charge >= 0.3 is 12.2 Å². The van der Waals surface area contributed by atoms with Gasteiger partial charge in [0.05, 0.1) is 6.10 Å². The number of aliphatic hydroxyl groups is 1. The van der Waals surface area contributed by atoms with Crippen LogP contribution in [0.25, 0.3) is 16.6 Å². The van der Waals surface area contributed by atoms with Crippen molar-refractivity contribution >= 4 is 34.9 Å². The molecule has 30 heavy (non-hydrogen) atoms. The predicted octanol–water partition coefficient (Wildman–Crippen LogP) is 0.563. The maximum Gasteiger partial charge on any atom is 0.328 e. The highest BCUT2D eigenvalue weighted by Crippen LogP contribution is 2.19. The second kappa shape index (κ2) is 10.4. The van der Waals surface area contributed by atoms with Crippen LogP contribution in [0.2, 0.25) is 0 Å². The fraction of sp³-hybridized carbons (Fsp3) is 0.450. The van der Waals surface area contributed by atoms with Crippen LogP contribution in [-0.2, 0) is 32.6 Å². The molecular weight excluding hydrogens is 390 g/mol. The van der Waals surface area contributed by atoms with Gasteiger partial charge in [0.25, 0.3) is 0 Å². The number of rotatable bonds is 10. The number of aliphatic hydroxyl groups excluding tert-OH is 1. The Morgan fingerprint density at radius 3 is 2.80 bits per heavy atom. The lowest BCUT2D eigenvalue weighted by atomic mass is 10.1. The fourth-order valence-corrected chi connectivity index (χ4v) is 3.00. The number of nitrogens with zero attached hydrogens (tertiary/aromatic N) is 4. The molecule has 2 aromatic rings. The van der Waals surface area contributed by atoms with Gasteiger partial charge in [-0.1, -0.05) is 0 Å². The molecule has 160 valence electrons. The van der Waals surface area contributed by atoms with E-state index in [-0.39, 0.29) is 19.3 Å². The van der Waals surface area contributed by atoms with Gasteiger partial charge in [0, 0.05) is 37.7 Å². The molecule has 1 amide bonds. The molecule has 0 fully saturated rings. The van der Waals surface area contributed by atoms with E-state index in [2.05, 4.69) is 15.1 Å². The Kier molecular flexibility index (Phi) is 7.97. The van der Waals surface area contributed by atoms with Crippen molar-refractivity contribution in [1.29, 1.82) is 0 Å². The second-order valence-corrected chi connectivity index (χ2v) is 7.16. The Labute approximate surface area is 173 Å². The van der Waals surface area contributed by atoms with Crippen LogP contribution in [-0.4, -0.2) is 61.6 Å².